The van der Waals surface area contributed by atoms with Gasteiger partial charge in [0.15, 0.2) is 5.76 Å². The van der Waals surface area contributed by atoms with Crippen LogP contribution in [0.25, 0.3) is 22.1 Å². The monoisotopic (exact) mass is 479 g/mol. The Kier molecular flexibility index (Phi) is 6.59. The van der Waals surface area contributed by atoms with Gasteiger partial charge in [0, 0.05) is 35.0 Å². The summed E-state index contributed by atoms with van der Waals surface area (Å²) in [5.74, 6) is 0.0240. The molecule has 1 heterocycles. The molecule has 0 atom stereocenters. The Hall–Kier alpha value is -3.08. The van der Waals surface area contributed by atoms with Crippen LogP contribution in [0.4, 0.5) is 0 Å². The maximum Gasteiger partial charge on any atom is 0.230 e. The van der Waals surface area contributed by atoms with Gasteiger partial charge in [-0.1, -0.05) is 67.4 Å². The summed E-state index contributed by atoms with van der Waals surface area (Å²) < 4.78 is 6.14. The van der Waals surface area contributed by atoms with Gasteiger partial charge in [-0.3, -0.25) is 9.59 Å². The summed E-state index contributed by atoms with van der Waals surface area (Å²) in [7, 11) is 0. The Bertz CT molecular complexity index is 1370. The van der Waals surface area contributed by atoms with Crippen molar-refractivity contribution >= 4 is 45.9 Å². The molecule has 0 aliphatic heterocycles. The SMILES string of the molecule is CC(=O)NCc1cccc(-c2ccc3c(C(C)C)c(C(=O)c4ccc(Cl)cc4Cl)oc3c2)c1. The van der Waals surface area contributed by atoms with E-state index in [4.69, 9.17) is 27.6 Å². The zero-order chi connectivity index (χ0) is 23.7. The normalized spacial score (nSPS) is 11.2. The molecule has 0 aliphatic rings. The number of fused-ring (bicyclic) bond motifs is 1. The van der Waals surface area contributed by atoms with Crippen LogP contribution < -0.4 is 5.32 Å². The molecule has 1 N–H and O–H groups in total. The van der Waals surface area contributed by atoms with Crippen LogP contribution >= 0.6 is 23.2 Å². The van der Waals surface area contributed by atoms with Crippen LogP contribution in [-0.4, -0.2) is 11.7 Å². The summed E-state index contributed by atoms with van der Waals surface area (Å²) in [5, 5.41) is 4.47. The number of carbonyl (C=O) groups excluding carboxylic acids is 2. The molecule has 1 aromatic heterocycles. The van der Waals surface area contributed by atoms with E-state index in [1.54, 1.807) is 18.2 Å². The second kappa shape index (κ2) is 9.42. The summed E-state index contributed by atoms with van der Waals surface area (Å²) >= 11 is 12.3. The zero-order valence-corrected chi connectivity index (χ0v) is 20.1. The first-order valence-corrected chi connectivity index (χ1v) is 11.4. The van der Waals surface area contributed by atoms with Gasteiger partial charge in [0.1, 0.15) is 5.58 Å². The molecule has 0 aliphatic carbocycles. The third-order valence-corrected chi connectivity index (χ3v) is 6.04. The fourth-order valence-corrected chi connectivity index (χ4v) is 4.42. The third-order valence-electron chi connectivity index (χ3n) is 5.49. The van der Waals surface area contributed by atoms with Crippen molar-refractivity contribution in [2.45, 2.75) is 33.2 Å². The molecule has 0 saturated heterocycles. The number of ketones is 1. The third kappa shape index (κ3) is 4.82. The first-order valence-electron chi connectivity index (χ1n) is 10.6. The maximum atomic E-state index is 13.3. The lowest BCUT2D eigenvalue weighted by Crippen LogP contribution is -2.18. The van der Waals surface area contributed by atoms with E-state index in [-0.39, 0.29) is 17.6 Å². The number of halogens is 2. The van der Waals surface area contributed by atoms with Gasteiger partial charge in [-0.2, -0.15) is 0 Å². The Morgan fingerprint density at radius 1 is 0.970 bits per heavy atom. The first kappa shape index (κ1) is 23.1. The fourth-order valence-electron chi connectivity index (χ4n) is 3.92. The smallest absolute Gasteiger partial charge is 0.230 e. The highest BCUT2D eigenvalue weighted by atomic mass is 35.5. The summed E-state index contributed by atoms with van der Waals surface area (Å²) in [6.45, 7) is 6.02. The van der Waals surface area contributed by atoms with Crippen LogP contribution in [0.3, 0.4) is 0 Å². The number of hydrogen-bond donors (Lipinski definition) is 1. The van der Waals surface area contributed by atoms with E-state index in [1.807, 2.05) is 56.3 Å². The second-order valence-corrected chi connectivity index (χ2v) is 9.12. The van der Waals surface area contributed by atoms with Crippen molar-refractivity contribution in [3.63, 3.8) is 0 Å². The number of amides is 1. The number of benzene rings is 3. The molecule has 6 heteroatoms. The standard InChI is InChI=1S/C27H23Cl2NO3/c1-15(2)25-22-9-7-19(18-6-4-5-17(11-18)14-30-16(3)31)12-24(22)33-27(25)26(32)21-10-8-20(28)13-23(21)29/h4-13,15H,14H2,1-3H3,(H,30,31). The van der Waals surface area contributed by atoms with Crippen LogP contribution in [0.2, 0.25) is 10.0 Å². The predicted molar refractivity (Wildman–Crippen MR) is 133 cm³/mol. The first-order chi connectivity index (χ1) is 15.7. The fraction of sp³-hybridized carbons (Fsp3) is 0.185. The molecule has 4 rings (SSSR count). The van der Waals surface area contributed by atoms with Crippen molar-refractivity contribution in [2.24, 2.45) is 0 Å². The van der Waals surface area contributed by atoms with E-state index in [1.165, 1.54) is 6.92 Å². The van der Waals surface area contributed by atoms with E-state index in [2.05, 4.69) is 5.32 Å². The van der Waals surface area contributed by atoms with Gasteiger partial charge >= 0.3 is 0 Å². The lowest BCUT2D eigenvalue weighted by atomic mass is 9.94. The molecule has 4 nitrogen and oxygen atoms in total. The van der Waals surface area contributed by atoms with Crippen molar-refractivity contribution in [1.29, 1.82) is 0 Å². The lowest BCUT2D eigenvalue weighted by molar-refractivity contribution is -0.119. The highest BCUT2D eigenvalue weighted by Crippen LogP contribution is 2.36. The molecule has 4 aromatic rings. The van der Waals surface area contributed by atoms with E-state index < -0.39 is 0 Å². The molecule has 0 fully saturated rings. The summed E-state index contributed by atoms with van der Waals surface area (Å²) in [6.07, 6.45) is 0. The molecule has 0 saturated carbocycles. The topological polar surface area (TPSA) is 59.3 Å². The maximum absolute atomic E-state index is 13.3. The van der Waals surface area contributed by atoms with E-state index in [0.29, 0.717) is 33.5 Å². The minimum Gasteiger partial charge on any atom is -0.452 e. The molecule has 1 amide bonds. The predicted octanol–water partition coefficient (Wildman–Crippen LogP) is 7.40. The highest BCUT2D eigenvalue weighted by molar-refractivity contribution is 6.37. The average Bonchev–Trinajstić information content (AvgIpc) is 3.16. The van der Waals surface area contributed by atoms with Gasteiger partial charge in [-0.15, -0.1) is 0 Å². The molecule has 0 spiro atoms. The molecular formula is C27H23Cl2NO3. The van der Waals surface area contributed by atoms with Crippen LogP contribution in [0.5, 0.6) is 0 Å². The van der Waals surface area contributed by atoms with Crippen molar-refractivity contribution in [3.05, 3.63) is 93.2 Å². The molecule has 33 heavy (non-hydrogen) atoms. The summed E-state index contributed by atoms with van der Waals surface area (Å²) in [6, 6.07) is 18.7. The van der Waals surface area contributed by atoms with Crippen LogP contribution in [-0.2, 0) is 11.3 Å². The molecule has 168 valence electrons. The van der Waals surface area contributed by atoms with E-state index >= 15 is 0 Å². The Balaban J connectivity index is 1.77. The van der Waals surface area contributed by atoms with Crippen molar-refractivity contribution < 1.29 is 14.0 Å². The quantitative estimate of drug-likeness (QED) is 0.293. The van der Waals surface area contributed by atoms with E-state index in [0.717, 1.165) is 27.6 Å². The van der Waals surface area contributed by atoms with Gasteiger partial charge in [-0.05, 0) is 52.9 Å². The number of hydrogen-bond acceptors (Lipinski definition) is 3. The molecule has 0 radical (unpaired) electrons. The van der Waals surface area contributed by atoms with Crippen LogP contribution in [0.15, 0.2) is 65.1 Å². The Morgan fingerprint density at radius 2 is 1.73 bits per heavy atom. The second-order valence-electron chi connectivity index (χ2n) is 8.27. The Labute approximate surface area is 202 Å². The highest BCUT2D eigenvalue weighted by Gasteiger charge is 2.25. The summed E-state index contributed by atoms with van der Waals surface area (Å²) in [5.41, 5.74) is 4.80. The average molecular weight is 480 g/mol. The number of carbonyl (C=O) groups is 2. The summed E-state index contributed by atoms with van der Waals surface area (Å²) in [4.78, 5) is 24.6. The van der Waals surface area contributed by atoms with Crippen LogP contribution in [0.1, 0.15) is 53.9 Å². The lowest BCUT2D eigenvalue weighted by Gasteiger charge is -2.08. The van der Waals surface area contributed by atoms with Crippen molar-refractivity contribution in [3.8, 4) is 11.1 Å². The van der Waals surface area contributed by atoms with Gasteiger partial charge in [0.25, 0.3) is 0 Å². The van der Waals surface area contributed by atoms with Gasteiger partial charge < -0.3 is 9.73 Å². The number of rotatable bonds is 6. The van der Waals surface area contributed by atoms with Gasteiger partial charge in [0.05, 0.1) is 5.02 Å². The zero-order valence-electron chi connectivity index (χ0n) is 18.5. The van der Waals surface area contributed by atoms with Gasteiger partial charge in [0.2, 0.25) is 11.7 Å². The van der Waals surface area contributed by atoms with E-state index in [9.17, 15) is 9.59 Å². The molecule has 0 unspecified atom stereocenters. The van der Waals surface area contributed by atoms with Crippen molar-refractivity contribution in [1.82, 2.24) is 5.32 Å². The minimum atomic E-state index is -0.268. The minimum absolute atomic E-state index is 0.0723. The van der Waals surface area contributed by atoms with Crippen LogP contribution in [0, 0.1) is 0 Å². The number of furan rings is 1. The van der Waals surface area contributed by atoms with Gasteiger partial charge in [-0.25, -0.2) is 0 Å². The largest absolute Gasteiger partial charge is 0.452 e. The Morgan fingerprint density at radius 3 is 2.42 bits per heavy atom. The number of nitrogens with one attached hydrogen (secondary N) is 1. The molecule has 3 aromatic carbocycles. The molecule has 0 bridgehead atoms. The van der Waals surface area contributed by atoms with Crippen molar-refractivity contribution in [2.75, 3.05) is 0 Å². The molecular weight excluding hydrogens is 457 g/mol.